The highest BCUT2D eigenvalue weighted by Crippen LogP contribution is 2.28. The monoisotopic (exact) mass is 433 g/mol. The van der Waals surface area contributed by atoms with E-state index in [2.05, 4.69) is 31.4 Å². The number of carbonyl (C=O) groups is 1. The number of nitrogens with one attached hydrogen (secondary N) is 2. The van der Waals surface area contributed by atoms with Crippen LogP contribution in [0.25, 0.3) is 22.3 Å². The molecule has 5 aromatic rings. The molecule has 1 amide bonds. The van der Waals surface area contributed by atoms with Crippen LogP contribution < -0.4 is 5.32 Å². The average molecular weight is 433 g/mol. The van der Waals surface area contributed by atoms with Crippen molar-refractivity contribution in [2.45, 2.75) is 12.5 Å². The number of carbonyl (C=O) groups excluding carboxylic acids is 1. The summed E-state index contributed by atoms with van der Waals surface area (Å²) in [5, 5.41) is 17.8. The fourth-order valence-corrected chi connectivity index (χ4v) is 3.80. The van der Waals surface area contributed by atoms with E-state index in [1.807, 2.05) is 60.9 Å². The second-order valence-electron chi connectivity index (χ2n) is 7.49. The molecule has 8 nitrogen and oxygen atoms in total. The van der Waals surface area contributed by atoms with Gasteiger partial charge in [-0.2, -0.15) is 10.4 Å². The van der Waals surface area contributed by atoms with Crippen LogP contribution in [0.5, 0.6) is 0 Å². The molecule has 3 heterocycles. The van der Waals surface area contributed by atoms with Crippen LogP contribution >= 0.6 is 0 Å². The van der Waals surface area contributed by atoms with E-state index in [-0.39, 0.29) is 18.4 Å². The summed E-state index contributed by atoms with van der Waals surface area (Å²) < 4.78 is 1.76. The Balaban J connectivity index is 1.44. The Morgan fingerprint density at radius 2 is 2.00 bits per heavy atom. The van der Waals surface area contributed by atoms with Crippen LogP contribution in [-0.4, -0.2) is 30.6 Å². The number of anilines is 1. The van der Waals surface area contributed by atoms with Gasteiger partial charge in [0.25, 0.3) is 5.91 Å². The lowest BCUT2D eigenvalue weighted by Crippen LogP contribution is -2.14. The summed E-state index contributed by atoms with van der Waals surface area (Å²) in [6, 6.07) is 20.4. The minimum atomic E-state index is -0.319. The number of hydrogen-bond acceptors (Lipinski definition) is 5. The third-order valence-electron chi connectivity index (χ3n) is 5.40. The molecule has 33 heavy (non-hydrogen) atoms. The van der Waals surface area contributed by atoms with Crippen molar-refractivity contribution < 1.29 is 4.79 Å². The quantitative estimate of drug-likeness (QED) is 0.407. The molecule has 2 aromatic carbocycles. The molecule has 0 aliphatic heterocycles. The van der Waals surface area contributed by atoms with Gasteiger partial charge in [-0.05, 0) is 35.9 Å². The highest BCUT2D eigenvalue weighted by atomic mass is 16.1. The summed E-state index contributed by atoms with van der Waals surface area (Å²) in [5.41, 5.74) is 4.45. The number of nitrogens with zero attached hydrogens (tertiary/aromatic N) is 5. The molecule has 1 unspecified atom stereocenters. The van der Waals surface area contributed by atoms with E-state index in [1.165, 1.54) is 6.33 Å². The predicted molar refractivity (Wildman–Crippen MR) is 124 cm³/mol. The van der Waals surface area contributed by atoms with Crippen LogP contribution in [0.15, 0.2) is 85.6 Å². The largest absolute Gasteiger partial charge is 0.346 e. The van der Waals surface area contributed by atoms with Gasteiger partial charge in [0, 0.05) is 34.6 Å². The van der Waals surface area contributed by atoms with Gasteiger partial charge in [-0.3, -0.25) is 9.48 Å². The van der Waals surface area contributed by atoms with Gasteiger partial charge < -0.3 is 10.3 Å². The first-order valence-electron chi connectivity index (χ1n) is 10.4. The number of benzene rings is 2. The SMILES string of the molecule is N#CCC(c1cccc(NC(=O)c2ccccc2)c1)n1cc(-c2ncnc3[nH]ccc23)cn1. The van der Waals surface area contributed by atoms with Crippen LogP contribution in [0.1, 0.15) is 28.4 Å². The lowest BCUT2D eigenvalue weighted by Gasteiger charge is -2.16. The van der Waals surface area contributed by atoms with E-state index in [4.69, 9.17) is 0 Å². The van der Waals surface area contributed by atoms with Crippen molar-refractivity contribution in [2.24, 2.45) is 0 Å². The molecule has 3 aromatic heterocycles. The van der Waals surface area contributed by atoms with Crippen LogP contribution in [0.2, 0.25) is 0 Å². The Labute approximate surface area is 189 Å². The molecule has 5 rings (SSSR count). The first kappa shape index (κ1) is 20.2. The molecular formula is C25H19N7O. The minimum Gasteiger partial charge on any atom is -0.346 e. The highest BCUT2D eigenvalue weighted by Gasteiger charge is 2.18. The minimum absolute atomic E-state index is 0.190. The topological polar surface area (TPSA) is 112 Å². The van der Waals surface area contributed by atoms with Gasteiger partial charge in [-0.15, -0.1) is 0 Å². The zero-order chi connectivity index (χ0) is 22.6. The maximum Gasteiger partial charge on any atom is 0.255 e. The molecule has 0 fully saturated rings. The zero-order valence-electron chi connectivity index (χ0n) is 17.5. The smallest absolute Gasteiger partial charge is 0.255 e. The number of aromatic nitrogens is 5. The Bertz CT molecular complexity index is 1460. The molecule has 8 heteroatoms. The fourth-order valence-electron chi connectivity index (χ4n) is 3.80. The molecular weight excluding hydrogens is 414 g/mol. The summed E-state index contributed by atoms with van der Waals surface area (Å²) in [6.07, 6.45) is 7.17. The molecule has 160 valence electrons. The van der Waals surface area contributed by atoms with Gasteiger partial charge in [0.15, 0.2) is 0 Å². The van der Waals surface area contributed by atoms with E-state index in [0.717, 1.165) is 27.9 Å². The Morgan fingerprint density at radius 3 is 2.85 bits per heavy atom. The normalized spacial score (nSPS) is 11.7. The molecule has 0 aliphatic carbocycles. The number of fused-ring (bicyclic) bond motifs is 1. The molecule has 0 bridgehead atoms. The zero-order valence-corrected chi connectivity index (χ0v) is 17.5. The summed E-state index contributed by atoms with van der Waals surface area (Å²) in [6.45, 7) is 0. The van der Waals surface area contributed by atoms with Crippen LogP contribution in [0.4, 0.5) is 5.69 Å². The fraction of sp³-hybridized carbons (Fsp3) is 0.0800. The molecule has 0 saturated carbocycles. The first-order chi connectivity index (χ1) is 16.2. The standard InChI is InChI=1S/C25H19N7O/c26-11-9-22(18-7-4-8-20(13-18)31-25(33)17-5-2-1-3-6-17)32-15-19(14-30-32)23-21-10-12-27-24(21)29-16-28-23/h1-8,10,12-16,22H,9H2,(H,31,33)(H,27,28,29). The molecule has 0 radical (unpaired) electrons. The van der Waals surface area contributed by atoms with Crippen molar-refractivity contribution in [1.29, 1.82) is 5.26 Å². The lowest BCUT2D eigenvalue weighted by atomic mass is 10.0. The third kappa shape index (κ3) is 4.07. The average Bonchev–Trinajstić information content (AvgIpc) is 3.53. The van der Waals surface area contributed by atoms with E-state index >= 15 is 0 Å². The third-order valence-corrected chi connectivity index (χ3v) is 5.40. The number of H-pyrrole nitrogens is 1. The molecule has 1 atom stereocenters. The van der Waals surface area contributed by atoms with E-state index in [9.17, 15) is 10.1 Å². The van der Waals surface area contributed by atoms with Crippen LogP contribution in [-0.2, 0) is 0 Å². The van der Waals surface area contributed by atoms with Gasteiger partial charge in [0.05, 0.1) is 30.4 Å². The molecule has 2 N–H and O–H groups in total. The summed E-state index contributed by atoms with van der Waals surface area (Å²) in [7, 11) is 0. The number of rotatable bonds is 6. The first-order valence-corrected chi connectivity index (χ1v) is 10.4. The second-order valence-corrected chi connectivity index (χ2v) is 7.49. The number of aromatic amines is 1. The maximum absolute atomic E-state index is 12.5. The van der Waals surface area contributed by atoms with Crippen molar-refractivity contribution in [3.63, 3.8) is 0 Å². The Morgan fingerprint density at radius 1 is 1.12 bits per heavy atom. The van der Waals surface area contributed by atoms with Crippen molar-refractivity contribution in [3.8, 4) is 17.3 Å². The summed E-state index contributed by atoms with van der Waals surface area (Å²) in [5.74, 6) is -0.190. The van der Waals surface area contributed by atoms with Crippen molar-refractivity contribution in [2.75, 3.05) is 5.32 Å². The van der Waals surface area contributed by atoms with Gasteiger partial charge in [0.2, 0.25) is 0 Å². The number of nitriles is 1. The predicted octanol–water partition coefficient (Wildman–Crippen LogP) is 4.58. The second kappa shape index (κ2) is 8.77. The Kier molecular flexibility index (Phi) is 5.35. The number of hydrogen-bond donors (Lipinski definition) is 2. The maximum atomic E-state index is 12.5. The van der Waals surface area contributed by atoms with Crippen LogP contribution in [0.3, 0.4) is 0 Å². The highest BCUT2D eigenvalue weighted by molar-refractivity contribution is 6.04. The molecule has 0 spiro atoms. The van der Waals surface area contributed by atoms with Crippen molar-refractivity contribution in [3.05, 3.63) is 96.7 Å². The van der Waals surface area contributed by atoms with E-state index < -0.39 is 0 Å². The Hall–Kier alpha value is -4.77. The molecule has 0 saturated heterocycles. The van der Waals surface area contributed by atoms with E-state index in [0.29, 0.717) is 11.3 Å². The summed E-state index contributed by atoms with van der Waals surface area (Å²) in [4.78, 5) is 24.3. The van der Waals surface area contributed by atoms with Crippen molar-refractivity contribution >= 4 is 22.6 Å². The van der Waals surface area contributed by atoms with E-state index in [1.54, 1.807) is 23.0 Å². The van der Waals surface area contributed by atoms with Gasteiger partial charge in [-0.1, -0.05) is 30.3 Å². The van der Waals surface area contributed by atoms with Gasteiger partial charge >= 0.3 is 0 Å². The number of amides is 1. The summed E-state index contributed by atoms with van der Waals surface area (Å²) >= 11 is 0. The van der Waals surface area contributed by atoms with Crippen LogP contribution in [0, 0.1) is 11.3 Å². The lowest BCUT2D eigenvalue weighted by molar-refractivity contribution is 0.102. The van der Waals surface area contributed by atoms with Gasteiger partial charge in [0.1, 0.15) is 12.0 Å². The van der Waals surface area contributed by atoms with Gasteiger partial charge in [-0.25, -0.2) is 9.97 Å². The van der Waals surface area contributed by atoms with Crippen molar-refractivity contribution in [1.82, 2.24) is 24.7 Å². The molecule has 0 aliphatic rings.